The summed E-state index contributed by atoms with van der Waals surface area (Å²) < 4.78 is 5.30. The number of halogens is 2. The summed E-state index contributed by atoms with van der Waals surface area (Å²) in [6.45, 7) is 1.22. The van der Waals surface area contributed by atoms with Gasteiger partial charge in [0.2, 0.25) is 5.91 Å². The van der Waals surface area contributed by atoms with Crippen LogP contribution in [0.4, 0.5) is 16.2 Å². The van der Waals surface area contributed by atoms with Crippen LogP contribution in [-0.2, 0) is 9.53 Å². The van der Waals surface area contributed by atoms with Crippen molar-refractivity contribution in [2.75, 3.05) is 30.3 Å². The highest BCUT2D eigenvalue weighted by atomic mass is 35.5. The van der Waals surface area contributed by atoms with Crippen LogP contribution in [0.1, 0.15) is 23.2 Å². The summed E-state index contributed by atoms with van der Waals surface area (Å²) >= 11 is 11.8. The lowest BCUT2D eigenvalue weighted by atomic mass is 10.2. The molecule has 1 atom stereocenters. The first-order valence-corrected chi connectivity index (χ1v) is 10.5. The molecule has 0 aliphatic carbocycles. The Kier molecular flexibility index (Phi) is 8.11. The van der Waals surface area contributed by atoms with Crippen LogP contribution in [-0.4, -0.2) is 43.6 Å². The molecule has 31 heavy (non-hydrogen) atoms. The molecule has 0 spiro atoms. The van der Waals surface area contributed by atoms with Gasteiger partial charge in [0.05, 0.1) is 10.0 Å². The molecule has 10 heteroatoms. The average Bonchev–Trinajstić information content (AvgIpc) is 3.29. The number of benzene rings is 2. The number of rotatable bonds is 7. The molecule has 1 fully saturated rings. The van der Waals surface area contributed by atoms with Crippen molar-refractivity contribution in [3.8, 4) is 0 Å². The van der Waals surface area contributed by atoms with E-state index in [4.69, 9.17) is 27.9 Å². The van der Waals surface area contributed by atoms with Crippen LogP contribution in [0.3, 0.4) is 0 Å². The molecule has 0 saturated carbocycles. The fraction of sp³-hybridized carbons (Fsp3) is 0.286. The minimum Gasteiger partial charge on any atom is -0.368 e. The zero-order valence-electron chi connectivity index (χ0n) is 16.5. The summed E-state index contributed by atoms with van der Waals surface area (Å²) in [5.74, 6) is -0.431. The van der Waals surface area contributed by atoms with Gasteiger partial charge in [-0.15, -0.1) is 0 Å². The largest absolute Gasteiger partial charge is 0.368 e. The number of hydrogen-bond acceptors (Lipinski definition) is 4. The van der Waals surface area contributed by atoms with Crippen LogP contribution >= 0.6 is 23.2 Å². The van der Waals surface area contributed by atoms with E-state index in [0.29, 0.717) is 46.7 Å². The third-order valence-electron chi connectivity index (χ3n) is 4.51. The molecule has 1 saturated heterocycles. The number of carbonyl (C=O) groups excluding carboxylic acids is 3. The van der Waals surface area contributed by atoms with Crippen molar-refractivity contribution >= 4 is 52.4 Å². The molecule has 1 aliphatic rings. The monoisotopic (exact) mass is 464 g/mol. The maximum absolute atomic E-state index is 12.2. The molecule has 2 aromatic rings. The van der Waals surface area contributed by atoms with E-state index in [1.807, 2.05) is 0 Å². The smallest absolute Gasteiger partial charge is 0.323 e. The second-order valence-corrected chi connectivity index (χ2v) is 7.65. The molecule has 3 rings (SSSR count). The molecule has 8 nitrogen and oxygen atoms in total. The Morgan fingerprint density at radius 2 is 1.58 bits per heavy atom. The first kappa shape index (κ1) is 22.9. The molecule has 4 amide bonds. The van der Waals surface area contributed by atoms with Crippen LogP contribution in [0.15, 0.2) is 42.5 Å². The van der Waals surface area contributed by atoms with Crippen LogP contribution in [0.25, 0.3) is 0 Å². The summed E-state index contributed by atoms with van der Waals surface area (Å²) in [7, 11) is 0. The molecule has 1 unspecified atom stereocenters. The number of ether oxygens (including phenoxy) is 1. The topological polar surface area (TPSA) is 109 Å². The van der Waals surface area contributed by atoms with Gasteiger partial charge >= 0.3 is 6.03 Å². The van der Waals surface area contributed by atoms with Gasteiger partial charge in [-0.2, -0.15) is 0 Å². The van der Waals surface area contributed by atoms with Crippen molar-refractivity contribution < 1.29 is 19.1 Å². The van der Waals surface area contributed by atoms with Crippen LogP contribution in [0.2, 0.25) is 10.0 Å². The first-order chi connectivity index (χ1) is 14.9. The number of nitrogens with one attached hydrogen (secondary N) is 4. The minimum absolute atomic E-state index is 0.152. The van der Waals surface area contributed by atoms with Crippen molar-refractivity contribution in [1.29, 1.82) is 0 Å². The van der Waals surface area contributed by atoms with Gasteiger partial charge in [0.15, 0.2) is 0 Å². The standard InChI is InChI=1S/C21H22Cl2N4O4/c22-16-8-7-15(12-17(16)23)27-21(30)26-14-5-3-13(4-6-14)19(28)24-9-10-25-20(29)18-2-1-11-31-18/h3-8,12,18H,1-2,9-11H2,(H,24,28)(H,25,29)(H2,26,27,30). The van der Waals surface area contributed by atoms with Gasteiger partial charge in [-0.05, 0) is 55.3 Å². The second kappa shape index (κ2) is 11.0. The van der Waals surface area contributed by atoms with E-state index in [1.165, 1.54) is 0 Å². The van der Waals surface area contributed by atoms with Crippen molar-refractivity contribution in [2.24, 2.45) is 0 Å². The SMILES string of the molecule is O=C(Nc1ccc(C(=O)NCCNC(=O)C2CCCO2)cc1)Nc1ccc(Cl)c(Cl)c1. The number of carbonyl (C=O) groups is 3. The van der Waals surface area contributed by atoms with Crippen molar-refractivity contribution in [3.63, 3.8) is 0 Å². The first-order valence-electron chi connectivity index (χ1n) is 9.73. The quantitative estimate of drug-likeness (QED) is 0.468. The third kappa shape index (κ3) is 6.85. The van der Waals surface area contributed by atoms with Crippen LogP contribution in [0.5, 0.6) is 0 Å². The molecule has 1 heterocycles. The van der Waals surface area contributed by atoms with Crippen LogP contribution < -0.4 is 21.3 Å². The summed E-state index contributed by atoms with van der Waals surface area (Å²) in [5.41, 5.74) is 1.44. The summed E-state index contributed by atoms with van der Waals surface area (Å²) in [6, 6.07) is 10.7. The zero-order chi connectivity index (χ0) is 22.2. The lowest BCUT2D eigenvalue weighted by molar-refractivity contribution is -0.129. The number of amides is 4. The van der Waals surface area contributed by atoms with Gasteiger partial charge < -0.3 is 26.0 Å². The Labute approximate surface area is 189 Å². The van der Waals surface area contributed by atoms with Crippen molar-refractivity contribution in [1.82, 2.24) is 10.6 Å². The van der Waals surface area contributed by atoms with E-state index in [0.717, 1.165) is 12.8 Å². The van der Waals surface area contributed by atoms with E-state index in [1.54, 1.807) is 42.5 Å². The van der Waals surface area contributed by atoms with Crippen molar-refractivity contribution in [3.05, 3.63) is 58.1 Å². The molecular formula is C21H22Cl2N4O4. The van der Waals surface area contributed by atoms with Gasteiger partial charge in [0.1, 0.15) is 6.10 Å². The van der Waals surface area contributed by atoms with E-state index >= 15 is 0 Å². The Hall–Kier alpha value is -2.81. The summed E-state index contributed by atoms with van der Waals surface area (Å²) in [4.78, 5) is 36.1. The molecule has 2 aromatic carbocycles. The number of urea groups is 1. The highest BCUT2D eigenvalue weighted by Crippen LogP contribution is 2.25. The highest BCUT2D eigenvalue weighted by molar-refractivity contribution is 6.42. The number of anilines is 2. The van der Waals surface area contributed by atoms with E-state index in [-0.39, 0.29) is 17.9 Å². The predicted octanol–water partition coefficient (Wildman–Crippen LogP) is 3.66. The minimum atomic E-state index is -0.461. The molecule has 0 radical (unpaired) electrons. The second-order valence-electron chi connectivity index (χ2n) is 6.83. The molecule has 164 valence electrons. The Morgan fingerprint density at radius 3 is 2.26 bits per heavy atom. The third-order valence-corrected chi connectivity index (χ3v) is 5.25. The van der Waals surface area contributed by atoms with E-state index < -0.39 is 6.03 Å². The summed E-state index contributed by atoms with van der Waals surface area (Å²) in [6.07, 6.45) is 1.23. The van der Waals surface area contributed by atoms with E-state index in [2.05, 4.69) is 21.3 Å². The maximum Gasteiger partial charge on any atom is 0.323 e. The van der Waals surface area contributed by atoms with Gasteiger partial charge in [-0.3, -0.25) is 9.59 Å². The average molecular weight is 465 g/mol. The number of hydrogen-bond donors (Lipinski definition) is 4. The van der Waals surface area contributed by atoms with E-state index in [9.17, 15) is 14.4 Å². The normalized spacial score (nSPS) is 15.2. The molecular weight excluding hydrogens is 443 g/mol. The lowest BCUT2D eigenvalue weighted by Crippen LogP contribution is -2.39. The van der Waals surface area contributed by atoms with Gasteiger partial charge in [0.25, 0.3) is 5.91 Å². The maximum atomic E-state index is 12.2. The predicted molar refractivity (Wildman–Crippen MR) is 120 cm³/mol. The molecule has 0 aromatic heterocycles. The lowest BCUT2D eigenvalue weighted by Gasteiger charge is -2.11. The van der Waals surface area contributed by atoms with Crippen LogP contribution in [0, 0.1) is 0 Å². The summed E-state index contributed by atoms with van der Waals surface area (Å²) in [5, 5.41) is 11.5. The van der Waals surface area contributed by atoms with Gasteiger partial charge in [-0.25, -0.2) is 4.79 Å². The molecule has 4 N–H and O–H groups in total. The molecule has 0 bridgehead atoms. The van der Waals surface area contributed by atoms with Crippen molar-refractivity contribution in [2.45, 2.75) is 18.9 Å². The molecule has 1 aliphatic heterocycles. The van der Waals surface area contributed by atoms with Gasteiger partial charge in [0, 0.05) is 36.6 Å². The highest BCUT2D eigenvalue weighted by Gasteiger charge is 2.22. The fourth-order valence-corrected chi connectivity index (χ4v) is 3.23. The Morgan fingerprint density at radius 1 is 0.903 bits per heavy atom. The zero-order valence-corrected chi connectivity index (χ0v) is 18.1. The fourth-order valence-electron chi connectivity index (χ4n) is 2.93. The Bertz CT molecular complexity index is 947. The Balaban J connectivity index is 1.41. The van der Waals surface area contributed by atoms with Gasteiger partial charge in [-0.1, -0.05) is 23.2 Å².